The van der Waals surface area contributed by atoms with Crippen LogP contribution < -0.4 is 11.1 Å². The summed E-state index contributed by atoms with van der Waals surface area (Å²) in [6.45, 7) is 2.06. The molecule has 1 amide bonds. The number of nitrogen functional groups attached to an aromatic ring is 1. The maximum Gasteiger partial charge on any atom is 0.258 e. The van der Waals surface area contributed by atoms with E-state index < -0.39 is 5.91 Å². The molecule has 0 aliphatic heterocycles. The largest absolute Gasteiger partial charge is 0.399 e. The number of hydrogen-bond donors (Lipinski definition) is 3. The van der Waals surface area contributed by atoms with Crippen molar-refractivity contribution < 1.29 is 4.79 Å². The van der Waals surface area contributed by atoms with Crippen molar-refractivity contribution in [1.82, 2.24) is 10.2 Å². The molecule has 0 unspecified atom stereocenters. The first-order valence-electron chi connectivity index (χ1n) is 6.11. The molecule has 5 nitrogen and oxygen atoms in total. The number of nitrogens with two attached hydrogens (primary N) is 1. The topological polar surface area (TPSA) is 83.8 Å². The number of amides is 1. The highest BCUT2D eigenvalue weighted by Crippen LogP contribution is 2.29. The minimum absolute atomic E-state index is 0.169. The van der Waals surface area contributed by atoms with Crippen LogP contribution in [0.25, 0.3) is 0 Å². The normalized spacial score (nSPS) is 10.6. The molecule has 0 fully saturated rings. The lowest BCUT2D eigenvalue weighted by atomic mass is 10.2. The van der Waals surface area contributed by atoms with Crippen LogP contribution in [0.4, 0.5) is 11.5 Å². The van der Waals surface area contributed by atoms with Crippen molar-refractivity contribution >= 4 is 40.6 Å². The van der Waals surface area contributed by atoms with Crippen LogP contribution in [0.5, 0.6) is 0 Å². The Balaban J connectivity index is 2.19. The summed E-state index contributed by atoms with van der Waals surface area (Å²) in [5, 5.41) is 9.93. The number of nitrogens with zero attached hydrogens (tertiary/aromatic N) is 1. The number of carbonyl (C=O) groups is 1. The molecule has 0 saturated heterocycles. The molecule has 0 bridgehead atoms. The summed E-state index contributed by atoms with van der Waals surface area (Å²) in [4.78, 5) is 12.1. The Bertz CT molecular complexity index is 639. The van der Waals surface area contributed by atoms with Crippen molar-refractivity contribution in [1.29, 1.82) is 0 Å². The first-order chi connectivity index (χ1) is 9.51. The van der Waals surface area contributed by atoms with E-state index >= 15 is 0 Å². The molecule has 106 valence electrons. The van der Waals surface area contributed by atoms with Crippen molar-refractivity contribution in [2.75, 3.05) is 11.1 Å². The number of aromatic nitrogens is 2. The first-order valence-corrected chi connectivity index (χ1v) is 6.87. The maximum absolute atomic E-state index is 12.1. The summed E-state index contributed by atoms with van der Waals surface area (Å²) in [5.41, 5.74) is 7.21. The van der Waals surface area contributed by atoms with Gasteiger partial charge in [-0.1, -0.05) is 36.5 Å². The van der Waals surface area contributed by atoms with Gasteiger partial charge in [0.2, 0.25) is 0 Å². The lowest BCUT2D eigenvalue weighted by Gasteiger charge is -2.07. The number of anilines is 2. The zero-order valence-corrected chi connectivity index (χ0v) is 12.3. The number of benzene rings is 1. The molecule has 1 aromatic heterocycles. The maximum atomic E-state index is 12.1. The summed E-state index contributed by atoms with van der Waals surface area (Å²) in [5.74, 6) is 0.0341. The SMILES string of the molecule is CCCc1cc(NC(=O)c2cc(N)cc(Cl)c2Cl)n[nH]1. The molecular weight excluding hydrogens is 299 g/mol. The zero-order chi connectivity index (χ0) is 14.7. The van der Waals surface area contributed by atoms with Gasteiger partial charge >= 0.3 is 0 Å². The molecule has 1 aromatic carbocycles. The minimum atomic E-state index is -0.404. The fourth-order valence-corrected chi connectivity index (χ4v) is 2.20. The van der Waals surface area contributed by atoms with Crippen LogP contribution in [0.15, 0.2) is 18.2 Å². The lowest BCUT2D eigenvalue weighted by Crippen LogP contribution is -2.13. The molecule has 2 rings (SSSR count). The van der Waals surface area contributed by atoms with Gasteiger partial charge in [0.25, 0.3) is 5.91 Å². The molecular formula is C13H14Cl2N4O. The van der Waals surface area contributed by atoms with E-state index in [4.69, 9.17) is 28.9 Å². The molecule has 0 aliphatic rings. The number of aryl methyl sites for hydroxylation is 1. The van der Waals surface area contributed by atoms with Crippen LogP contribution in [-0.4, -0.2) is 16.1 Å². The van der Waals surface area contributed by atoms with Gasteiger partial charge in [0.1, 0.15) is 0 Å². The average molecular weight is 313 g/mol. The highest BCUT2D eigenvalue weighted by molar-refractivity contribution is 6.44. The third kappa shape index (κ3) is 3.23. The van der Waals surface area contributed by atoms with Gasteiger partial charge in [-0.2, -0.15) is 5.10 Å². The van der Waals surface area contributed by atoms with E-state index in [2.05, 4.69) is 22.4 Å². The zero-order valence-electron chi connectivity index (χ0n) is 10.8. The van der Waals surface area contributed by atoms with Crippen LogP contribution in [0.1, 0.15) is 29.4 Å². The number of hydrogen-bond acceptors (Lipinski definition) is 3. The second-order valence-corrected chi connectivity index (χ2v) is 5.13. The van der Waals surface area contributed by atoms with Crippen LogP contribution >= 0.6 is 23.2 Å². The summed E-state index contributed by atoms with van der Waals surface area (Å²) in [6, 6.07) is 4.75. The smallest absolute Gasteiger partial charge is 0.258 e. The second kappa shape index (κ2) is 6.15. The monoisotopic (exact) mass is 312 g/mol. The second-order valence-electron chi connectivity index (χ2n) is 4.35. The highest BCUT2D eigenvalue weighted by atomic mass is 35.5. The molecule has 4 N–H and O–H groups in total. The predicted molar refractivity (Wildman–Crippen MR) is 81.4 cm³/mol. The van der Waals surface area contributed by atoms with Crippen LogP contribution in [0.3, 0.4) is 0 Å². The first kappa shape index (κ1) is 14.7. The number of carbonyl (C=O) groups excluding carboxylic acids is 1. The fourth-order valence-electron chi connectivity index (χ4n) is 1.78. The number of nitrogens with one attached hydrogen (secondary N) is 2. The number of aromatic amines is 1. The molecule has 7 heteroatoms. The number of halogens is 2. The Morgan fingerprint density at radius 1 is 1.40 bits per heavy atom. The summed E-state index contributed by atoms with van der Waals surface area (Å²) in [6.07, 6.45) is 1.86. The van der Waals surface area contributed by atoms with E-state index in [1.807, 2.05) is 0 Å². The molecule has 0 radical (unpaired) electrons. The van der Waals surface area contributed by atoms with Gasteiger partial charge < -0.3 is 11.1 Å². The van der Waals surface area contributed by atoms with Gasteiger partial charge in [0.15, 0.2) is 5.82 Å². The molecule has 2 aromatic rings. The summed E-state index contributed by atoms with van der Waals surface area (Å²) in [7, 11) is 0. The van der Waals surface area contributed by atoms with E-state index in [1.54, 1.807) is 6.07 Å². The van der Waals surface area contributed by atoms with E-state index in [0.717, 1.165) is 18.5 Å². The molecule has 0 atom stereocenters. The predicted octanol–water partition coefficient (Wildman–Crippen LogP) is 3.50. The van der Waals surface area contributed by atoms with Gasteiger partial charge in [0, 0.05) is 17.4 Å². The van der Waals surface area contributed by atoms with Crippen LogP contribution in [0.2, 0.25) is 10.0 Å². The van der Waals surface area contributed by atoms with E-state index in [-0.39, 0.29) is 15.6 Å². The summed E-state index contributed by atoms with van der Waals surface area (Å²) >= 11 is 11.9. The Morgan fingerprint density at radius 3 is 2.85 bits per heavy atom. The van der Waals surface area contributed by atoms with Crippen molar-refractivity contribution in [2.45, 2.75) is 19.8 Å². The Kier molecular flexibility index (Phi) is 4.52. The van der Waals surface area contributed by atoms with E-state index in [0.29, 0.717) is 11.5 Å². The van der Waals surface area contributed by atoms with Crippen molar-refractivity contribution in [3.63, 3.8) is 0 Å². The van der Waals surface area contributed by atoms with Crippen LogP contribution in [-0.2, 0) is 6.42 Å². The molecule has 0 aliphatic carbocycles. The lowest BCUT2D eigenvalue weighted by molar-refractivity contribution is 0.102. The van der Waals surface area contributed by atoms with Gasteiger partial charge in [0.05, 0.1) is 15.6 Å². The average Bonchev–Trinajstić information content (AvgIpc) is 2.81. The third-order valence-electron chi connectivity index (χ3n) is 2.69. The van der Waals surface area contributed by atoms with Crippen molar-refractivity contribution in [3.05, 3.63) is 39.5 Å². The van der Waals surface area contributed by atoms with Crippen molar-refractivity contribution in [2.24, 2.45) is 0 Å². The van der Waals surface area contributed by atoms with Crippen molar-refractivity contribution in [3.8, 4) is 0 Å². The van der Waals surface area contributed by atoms with Gasteiger partial charge in [-0.05, 0) is 18.6 Å². The van der Waals surface area contributed by atoms with Gasteiger partial charge in [-0.25, -0.2) is 0 Å². The summed E-state index contributed by atoms with van der Waals surface area (Å²) < 4.78 is 0. The third-order valence-corrected chi connectivity index (χ3v) is 3.49. The molecule has 1 heterocycles. The minimum Gasteiger partial charge on any atom is -0.399 e. The Morgan fingerprint density at radius 2 is 2.15 bits per heavy atom. The van der Waals surface area contributed by atoms with E-state index in [9.17, 15) is 4.79 Å². The fraction of sp³-hybridized carbons (Fsp3) is 0.231. The van der Waals surface area contributed by atoms with Crippen LogP contribution in [0, 0.1) is 0 Å². The quantitative estimate of drug-likeness (QED) is 0.755. The van der Waals surface area contributed by atoms with Gasteiger partial charge in [-0.3, -0.25) is 9.89 Å². The number of H-pyrrole nitrogens is 1. The molecule has 0 saturated carbocycles. The standard InChI is InChI=1S/C13H14Cl2N4O/c1-2-3-8-6-11(19-18-8)17-13(20)9-4-7(16)5-10(14)12(9)15/h4-6H,2-3,16H2,1H3,(H2,17,18,19,20). The Hall–Kier alpha value is -1.72. The Labute approximate surface area is 126 Å². The highest BCUT2D eigenvalue weighted by Gasteiger charge is 2.15. The van der Waals surface area contributed by atoms with Gasteiger partial charge in [-0.15, -0.1) is 0 Å². The molecule has 0 spiro atoms. The number of rotatable bonds is 4. The van der Waals surface area contributed by atoms with E-state index in [1.165, 1.54) is 12.1 Å². The molecule has 20 heavy (non-hydrogen) atoms.